The number of carbonyl (C=O) groups excluding carboxylic acids is 2. The molecule has 7 nitrogen and oxygen atoms in total. The van der Waals surface area contributed by atoms with Gasteiger partial charge in [0.25, 0.3) is 11.8 Å². The summed E-state index contributed by atoms with van der Waals surface area (Å²) in [6, 6.07) is 14.4. The average Bonchev–Trinajstić information content (AvgIpc) is 3.18. The molecule has 0 aromatic heterocycles. The first-order chi connectivity index (χ1) is 14.3. The van der Waals surface area contributed by atoms with Crippen LogP contribution in [0.25, 0.3) is 0 Å². The summed E-state index contributed by atoms with van der Waals surface area (Å²) in [4.78, 5) is 27.1. The SMILES string of the molecule is CS(=O)(=O)N1CCc2cc(C(=O)N3CCC(NC(=O)c4ccccc4)CC3)ccc21. The molecule has 0 radical (unpaired) electrons. The highest BCUT2D eigenvalue weighted by Gasteiger charge is 2.29. The first-order valence-corrected chi connectivity index (χ1v) is 11.9. The quantitative estimate of drug-likeness (QED) is 0.809. The van der Waals surface area contributed by atoms with E-state index < -0.39 is 10.0 Å². The summed E-state index contributed by atoms with van der Waals surface area (Å²) in [5, 5.41) is 3.05. The van der Waals surface area contributed by atoms with E-state index in [1.807, 2.05) is 24.3 Å². The predicted octanol–water partition coefficient (Wildman–Crippen LogP) is 2.04. The van der Waals surface area contributed by atoms with Crippen LogP contribution in [0.4, 0.5) is 5.69 Å². The molecule has 4 rings (SSSR count). The van der Waals surface area contributed by atoms with Crippen molar-refractivity contribution in [3.05, 3.63) is 65.2 Å². The number of carbonyl (C=O) groups is 2. The van der Waals surface area contributed by atoms with E-state index in [1.54, 1.807) is 29.2 Å². The molecule has 2 aliphatic rings. The van der Waals surface area contributed by atoms with Crippen LogP contribution in [-0.4, -0.2) is 57.1 Å². The van der Waals surface area contributed by atoms with Crippen LogP contribution in [0, 0.1) is 0 Å². The summed E-state index contributed by atoms with van der Waals surface area (Å²) in [6.45, 7) is 1.56. The van der Waals surface area contributed by atoms with Gasteiger partial charge in [-0.05, 0) is 55.2 Å². The molecule has 0 atom stereocenters. The van der Waals surface area contributed by atoms with Crippen molar-refractivity contribution < 1.29 is 18.0 Å². The second-order valence-electron chi connectivity index (χ2n) is 7.83. The minimum Gasteiger partial charge on any atom is -0.349 e. The predicted molar refractivity (Wildman–Crippen MR) is 115 cm³/mol. The van der Waals surface area contributed by atoms with Gasteiger partial charge in [-0.1, -0.05) is 18.2 Å². The number of rotatable bonds is 4. The molecule has 2 aromatic carbocycles. The van der Waals surface area contributed by atoms with E-state index in [-0.39, 0.29) is 17.9 Å². The molecule has 1 fully saturated rings. The van der Waals surface area contributed by atoms with Crippen LogP contribution in [0.2, 0.25) is 0 Å². The topological polar surface area (TPSA) is 86.8 Å². The van der Waals surface area contributed by atoms with Gasteiger partial charge in [0.1, 0.15) is 0 Å². The molecule has 0 aliphatic carbocycles. The maximum atomic E-state index is 12.9. The normalized spacial score (nSPS) is 17.0. The van der Waals surface area contributed by atoms with Crippen LogP contribution in [0.5, 0.6) is 0 Å². The number of anilines is 1. The Morgan fingerprint density at radius 2 is 1.67 bits per heavy atom. The smallest absolute Gasteiger partial charge is 0.253 e. The second kappa shape index (κ2) is 8.10. The minimum absolute atomic E-state index is 0.0464. The third kappa shape index (κ3) is 4.18. The van der Waals surface area contributed by atoms with Crippen molar-refractivity contribution >= 4 is 27.5 Å². The molecule has 1 N–H and O–H groups in total. The zero-order valence-electron chi connectivity index (χ0n) is 16.9. The van der Waals surface area contributed by atoms with Gasteiger partial charge in [0.2, 0.25) is 10.0 Å². The zero-order valence-corrected chi connectivity index (χ0v) is 17.7. The molecule has 158 valence electrons. The number of nitrogens with zero attached hydrogens (tertiary/aromatic N) is 2. The number of fused-ring (bicyclic) bond motifs is 1. The summed E-state index contributed by atoms with van der Waals surface area (Å²) in [6.07, 6.45) is 3.22. The standard InChI is InChI=1S/C22H25N3O4S/c1-30(28,29)25-14-9-17-15-18(7-8-20(17)25)22(27)24-12-10-19(11-13-24)23-21(26)16-5-3-2-4-6-16/h2-8,15,19H,9-14H2,1H3,(H,23,26). The Morgan fingerprint density at radius 3 is 2.33 bits per heavy atom. The monoisotopic (exact) mass is 427 g/mol. The maximum absolute atomic E-state index is 12.9. The van der Waals surface area contributed by atoms with Crippen molar-refractivity contribution in [3.63, 3.8) is 0 Å². The maximum Gasteiger partial charge on any atom is 0.253 e. The summed E-state index contributed by atoms with van der Waals surface area (Å²) in [5.41, 5.74) is 2.76. The molecule has 2 aromatic rings. The van der Waals surface area contributed by atoms with Gasteiger partial charge in [-0.15, -0.1) is 0 Å². The molecule has 2 amide bonds. The number of likely N-dealkylation sites (tertiary alicyclic amines) is 1. The molecule has 2 heterocycles. The largest absolute Gasteiger partial charge is 0.349 e. The lowest BCUT2D eigenvalue weighted by atomic mass is 10.0. The first-order valence-electron chi connectivity index (χ1n) is 10.1. The lowest BCUT2D eigenvalue weighted by molar-refractivity contribution is 0.0698. The highest BCUT2D eigenvalue weighted by atomic mass is 32.2. The lowest BCUT2D eigenvalue weighted by Crippen LogP contribution is -2.46. The minimum atomic E-state index is -3.30. The third-order valence-corrected chi connectivity index (χ3v) is 6.91. The highest BCUT2D eigenvalue weighted by Crippen LogP contribution is 2.31. The Kier molecular flexibility index (Phi) is 5.51. The van der Waals surface area contributed by atoms with Gasteiger partial charge in [0, 0.05) is 36.8 Å². The molecule has 2 aliphatic heterocycles. The number of sulfonamides is 1. The molecule has 8 heteroatoms. The van der Waals surface area contributed by atoms with E-state index in [9.17, 15) is 18.0 Å². The van der Waals surface area contributed by atoms with Gasteiger partial charge in [-0.2, -0.15) is 0 Å². The van der Waals surface area contributed by atoms with Gasteiger partial charge in [0.05, 0.1) is 11.9 Å². The van der Waals surface area contributed by atoms with Crippen molar-refractivity contribution in [1.29, 1.82) is 0 Å². The highest BCUT2D eigenvalue weighted by molar-refractivity contribution is 7.92. The van der Waals surface area contributed by atoms with Crippen LogP contribution in [0.15, 0.2) is 48.5 Å². The third-order valence-electron chi connectivity index (χ3n) is 5.73. The molecule has 30 heavy (non-hydrogen) atoms. The number of hydrogen-bond acceptors (Lipinski definition) is 4. The van der Waals surface area contributed by atoms with Crippen molar-refractivity contribution in [2.24, 2.45) is 0 Å². The molecule has 0 saturated carbocycles. The van der Waals surface area contributed by atoms with Gasteiger partial charge in [-0.3, -0.25) is 13.9 Å². The average molecular weight is 428 g/mol. The van der Waals surface area contributed by atoms with E-state index in [4.69, 9.17) is 0 Å². The number of benzene rings is 2. The Balaban J connectivity index is 1.36. The fourth-order valence-corrected chi connectivity index (χ4v) is 5.08. The van der Waals surface area contributed by atoms with E-state index in [0.29, 0.717) is 55.7 Å². The van der Waals surface area contributed by atoms with Gasteiger partial charge in [0.15, 0.2) is 0 Å². The van der Waals surface area contributed by atoms with Crippen molar-refractivity contribution in [2.45, 2.75) is 25.3 Å². The number of amides is 2. The Bertz CT molecular complexity index is 1060. The Hall–Kier alpha value is -2.87. The summed E-state index contributed by atoms with van der Waals surface area (Å²) in [7, 11) is -3.30. The lowest BCUT2D eigenvalue weighted by Gasteiger charge is -2.32. The zero-order chi connectivity index (χ0) is 21.3. The van der Waals surface area contributed by atoms with Gasteiger partial charge >= 0.3 is 0 Å². The molecule has 0 spiro atoms. The summed E-state index contributed by atoms with van der Waals surface area (Å²) >= 11 is 0. The Labute approximate surface area is 176 Å². The second-order valence-corrected chi connectivity index (χ2v) is 9.74. The fraction of sp³-hybridized carbons (Fsp3) is 0.364. The molecular weight excluding hydrogens is 402 g/mol. The van der Waals surface area contributed by atoms with Crippen molar-refractivity contribution in [1.82, 2.24) is 10.2 Å². The van der Waals surface area contributed by atoms with Gasteiger partial charge < -0.3 is 10.2 Å². The molecule has 0 bridgehead atoms. The number of hydrogen-bond donors (Lipinski definition) is 1. The van der Waals surface area contributed by atoms with E-state index >= 15 is 0 Å². The van der Waals surface area contributed by atoms with E-state index in [2.05, 4.69) is 5.32 Å². The molecule has 1 saturated heterocycles. The number of piperidine rings is 1. The first kappa shape index (κ1) is 20.4. The van der Waals surface area contributed by atoms with Crippen LogP contribution in [-0.2, 0) is 16.4 Å². The van der Waals surface area contributed by atoms with Crippen LogP contribution in [0.1, 0.15) is 39.1 Å². The van der Waals surface area contributed by atoms with Gasteiger partial charge in [-0.25, -0.2) is 8.42 Å². The summed E-state index contributed by atoms with van der Waals surface area (Å²) in [5.74, 6) is -0.141. The van der Waals surface area contributed by atoms with E-state index in [0.717, 1.165) is 5.56 Å². The number of nitrogens with one attached hydrogen (secondary N) is 1. The fourth-order valence-electron chi connectivity index (χ4n) is 4.12. The van der Waals surface area contributed by atoms with E-state index in [1.165, 1.54) is 10.6 Å². The van der Waals surface area contributed by atoms with Crippen LogP contribution in [0.3, 0.4) is 0 Å². The van der Waals surface area contributed by atoms with Crippen molar-refractivity contribution in [3.8, 4) is 0 Å². The molecule has 0 unspecified atom stereocenters. The van der Waals surface area contributed by atoms with Crippen LogP contribution >= 0.6 is 0 Å². The Morgan fingerprint density at radius 1 is 0.967 bits per heavy atom. The van der Waals surface area contributed by atoms with Crippen LogP contribution < -0.4 is 9.62 Å². The van der Waals surface area contributed by atoms with Crippen molar-refractivity contribution in [2.75, 3.05) is 30.2 Å². The molecular formula is C22H25N3O4S. The summed E-state index contributed by atoms with van der Waals surface area (Å²) < 4.78 is 25.1.